The molecule has 7 heteroatoms. The Labute approximate surface area is 170 Å². The number of pyridine rings is 1. The van der Waals surface area contributed by atoms with Gasteiger partial charge >= 0.3 is 6.03 Å². The lowest BCUT2D eigenvalue weighted by Gasteiger charge is -2.35. The van der Waals surface area contributed by atoms with Crippen LogP contribution in [0.25, 0.3) is 10.4 Å². The minimum absolute atomic E-state index is 0.0313. The van der Waals surface area contributed by atoms with Crippen LogP contribution >= 0.6 is 11.3 Å². The number of urea groups is 1. The molecule has 0 unspecified atom stereocenters. The van der Waals surface area contributed by atoms with Crippen LogP contribution in [0.2, 0.25) is 0 Å². The maximum absolute atomic E-state index is 12.9. The first-order valence-electron chi connectivity index (χ1n) is 9.50. The third-order valence-electron chi connectivity index (χ3n) is 5.38. The first-order valence-corrected chi connectivity index (χ1v) is 10.3. The molecule has 2 aromatic heterocycles. The number of thiazole rings is 1. The van der Waals surface area contributed by atoms with Gasteiger partial charge in [0.05, 0.1) is 16.1 Å². The highest BCUT2D eigenvalue weighted by molar-refractivity contribution is 7.19. The Bertz CT molecular complexity index is 914. The number of nitrogens with one attached hydrogen (secondary N) is 1. The van der Waals surface area contributed by atoms with E-state index in [1.807, 2.05) is 26.1 Å². The summed E-state index contributed by atoms with van der Waals surface area (Å²) in [6.07, 6.45) is 3.56. The quantitative estimate of drug-likeness (QED) is 0.785. The molecule has 2 amide bonds. The van der Waals surface area contributed by atoms with Gasteiger partial charge in [0, 0.05) is 29.5 Å². The normalized spacial score (nSPS) is 19.7. The number of likely N-dealkylation sites (tertiary alicyclic amines) is 1. The van der Waals surface area contributed by atoms with Crippen LogP contribution in [-0.2, 0) is 5.41 Å². The van der Waals surface area contributed by atoms with Crippen LogP contribution in [0.1, 0.15) is 51.9 Å². The summed E-state index contributed by atoms with van der Waals surface area (Å²) in [5.41, 5.74) is 8.93. The number of hydrogen-bond acceptors (Lipinski definition) is 5. The van der Waals surface area contributed by atoms with Gasteiger partial charge in [-0.15, -0.1) is 0 Å². The van der Waals surface area contributed by atoms with E-state index in [2.05, 4.69) is 48.7 Å². The van der Waals surface area contributed by atoms with E-state index >= 15 is 0 Å². The van der Waals surface area contributed by atoms with Gasteiger partial charge in [-0.2, -0.15) is 0 Å². The van der Waals surface area contributed by atoms with E-state index in [0.717, 1.165) is 34.7 Å². The fourth-order valence-electron chi connectivity index (χ4n) is 3.48. The molecule has 1 aliphatic rings. The van der Waals surface area contributed by atoms with Gasteiger partial charge in [-0.1, -0.05) is 38.7 Å². The Hall–Kier alpha value is -2.41. The molecule has 1 aliphatic heterocycles. The number of amides is 2. The van der Waals surface area contributed by atoms with Crippen molar-refractivity contribution >= 4 is 22.5 Å². The van der Waals surface area contributed by atoms with Crippen LogP contribution in [0.15, 0.2) is 30.6 Å². The Kier molecular flexibility index (Phi) is 5.23. The Morgan fingerprint density at radius 1 is 1.43 bits per heavy atom. The molecule has 1 fully saturated rings. The van der Waals surface area contributed by atoms with Crippen molar-refractivity contribution in [2.75, 3.05) is 11.9 Å². The van der Waals surface area contributed by atoms with Gasteiger partial charge in [0.1, 0.15) is 0 Å². The lowest BCUT2D eigenvalue weighted by molar-refractivity contribution is 0.185. The molecule has 0 saturated carbocycles. The highest BCUT2D eigenvalue weighted by atomic mass is 32.1. The molecule has 0 aliphatic carbocycles. The summed E-state index contributed by atoms with van der Waals surface area (Å²) in [6, 6.07) is 3.90. The number of carbonyl (C=O) groups is 1. The lowest BCUT2D eigenvalue weighted by atomic mass is 9.90. The number of nitrogens with two attached hydrogens (primary N) is 1. The summed E-state index contributed by atoms with van der Waals surface area (Å²) in [6.45, 7) is 14.9. The van der Waals surface area contributed by atoms with E-state index in [0.29, 0.717) is 17.4 Å². The highest BCUT2D eigenvalue weighted by Crippen LogP contribution is 2.36. The summed E-state index contributed by atoms with van der Waals surface area (Å²) in [4.78, 5) is 24.7. The van der Waals surface area contributed by atoms with Crippen molar-refractivity contribution in [2.24, 2.45) is 5.73 Å². The molecular weight excluding hydrogens is 370 g/mol. The number of aromatic nitrogens is 2. The smallest absolute Gasteiger partial charge is 0.324 e. The average Bonchev–Trinajstić information content (AvgIpc) is 3.18. The largest absolute Gasteiger partial charge is 0.401 e. The molecule has 2 aromatic rings. The molecule has 0 aromatic carbocycles. The zero-order chi connectivity index (χ0) is 20.7. The molecule has 1 atom stereocenters. The van der Waals surface area contributed by atoms with Crippen molar-refractivity contribution < 1.29 is 4.79 Å². The molecular formula is C21H29N5OS. The highest BCUT2D eigenvalue weighted by Gasteiger charge is 2.41. The zero-order valence-electron chi connectivity index (χ0n) is 17.3. The molecule has 3 rings (SSSR count). The van der Waals surface area contributed by atoms with Crippen molar-refractivity contribution in [1.82, 2.24) is 14.9 Å². The second kappa shape index (κ2) is 7.20. The van der Waals surface area contributed by atoms with Crippen molar-refractivity contribution in [3.8, 4) is 10.4 Å². The summed E-state index contributed by atoms with van der Waals surface area (Å²) < 4.78 is 0. The molecule has 3 N–H and O–H groups in total. The molecule has 1 saturated heterocycles. The SMILES string of the molecule is C=C(N)[C@]1(C)CCCN1C(=O)Nc1nc(C)c(-c2ccnc(C(C)(C)C)c2)s1. The number of carbonyl (C=O) groups excluding carboxylic acids is 1. The Morgan fingerprint density at radius 3 is 2.79 bits per heavy atom. The zero-order valence-corrected chi connectivity index (χ0v) is 18.1. The number of anilines is 1. The standard InChI is InChI=1S/C21H29N5OS/c1-13-17(15-8-10-23-16(12-15)20(3,4)5)28-18(24-13)25-19(27)26-11-7-9-21(26,6)14(2)22/h8,10,12H,2,7,9,11,22H2,1,3-6H3,(H,24,25,27)/t21-/m0/s1. The average molecular weight is 400 g/mol. The van der Waals surface area contributed by atoms with Gasteiger partial charge in [0.25, 0.3) is 0 Å². The summed E-state index contributed by atoms with van der Waals surface area (Å²) in [7, 11) is 0. The first kappa shape index (κ1) is 20.3. The van der Waals surface area contributed by atoms with Crippen LogP contribution in [0.3, 0.4) is 0 Å². The van der Waals surface area contributed by atoms with E-state index < -0.39 is 5.54 Å². The van der Waals surface area contributed by atoms with Gasteiger partial charge in [0.15, 0.2) is 5.13 Å². The topological polar surface area (TPSA) is 84.1 Å². The maximum atomic E-state index is 12.9. The number of nitrogens with zero attached hydrogens (tertiary/aromatic N) is 3. The Morgan fingerprint density at radius 2 is 2.14 bits per heavy atom. The minimum Gasteiger partial charge on any atom is -0.401 e. The summed E-state index contributed by atoms with van der Waals surface area (Å²) in [5, 5.41) is 3.54. The second-order valence-electron chi connectivity index (χ2n) is 8.60. The van der Waals surface area contributed by atoms with Crippen molar-refractivity contribution in [1.29, 1.82) is 0 Å². The summed E-state index contributed by atoms with van der Waals surface area (Å²) in [5.74, 6) is 0. The maximum Gasteiger partial charge on any atom is 0.324 e. The van der Waals surface area contributed by atoms with Gasteiger partial charge < -0.3 is 10.6 Å². The van der Waals surface area contributed by atoms with Crippen LogP contribution < -0.4 is 11.1 Å². The van der Waals surface area contributed by atoms with E-state index in [1.54, 1.807) is 4.90 Å². The van der Waals surface area contributed by atoms with Crippen molar-refractivity contribution in [3.05, 3.63) is 42.0 Å². The molecule has 150 valence electrons. The van der Waals surface area contributed by atoms with E-state index in [4.69, 9.17) is 5.73 Å². The fraction of sp³-hybridized carbons (Fsp3) is 0.476. The molecule has 3 heterocycles. The lowest BCUT2D eigenvalue weighted by Crippen LogP contribution is -2.49. The van der Waals surface area contributed by atoms with Crippen LogP contribution in [0.4, 0.5) is 9.93 Å². The van der Waals surface area contributed by atoms with Crippen LogP contribution in [0, 0.1) is 6.92 Å². The fourth-order valence-corrected chi connectivity index (χ4v) is 4.43. The summed E-state index contributed by atoms with van der Waals surface area (Å²) >= 11 is 1.48. The van der Waals surface area contributed by atoms with E-state index in [9.17, 15) is 4.79 Å². The number of rotatable bonds is 3. The van der Waals surface area contributed by atoms with Gasteiger partial charge in [-0.05, 0) is 44.4 Å². The monoisotopic (exact) mass is 399 g/mol. The number of hydrogen-bond donors (Lipinski definition) is 2. The molecule has 0 bridgehead atoms. The minimum atomic E-state index is -0.508. The number of aryl methyl sites for hydroxylation is 1. The molecule has 0 spiro atoms. The third-order valence-corrected chi connectivity index (χ3v) is 6.50. The van der Waals surface area contributed by atoms with Crippen LogP contribution in [-0.4, -0.2) is 33.0 Å². The molecule has 6 nitrogen and oxygen atoms in total. The predicted molar refractivity (Wildman–Crippen MR) is 115 cm³/mol. The third kappa shape index (κ3) is 3.76. The first-order chi connectivity index (χ1) is 13.0. The van der Waals surface area contributed by atoms with E-state index in [-0.39, 0.29) is 11.4 Å². The second-order valence-corrected chi connectivity index (χ2v) is 9.60. The van der Waals surface area contributed by atoms with Crippen molar-refractivity contribution in [3.63, 3.8) is 0 Å². The van der Waals surface area contributed by atoms with Gasteiger partial charge in [-0.3, -0.25) is 10.3 Å². The van der Waals surface area contributed by atoms with Gasteiger partial charge in [-0.25, -0.2) is 9.78 Å². The van der Waals surface area contributed by atoms with Gasteiger partial charge in [0.2, 0.25) is 0 Å². The molecule has 28 heavy (non-hydrogen) atoms. The predicted octanol–water partition coefficient (Wildman–Crippen LogP) is 4.67. The molecule has 0 radical (unpaired) electrons. The van der Waals surface area contributed by atoms with E-state index in [1.165, 1.54) is 11.3 Å². The van der Waals surface area contributed by atoms with Crippen molar-refractivity contribution in [2.45, 2.75) is 58.4 Å². The van der Waals surface area contributed by atoms with Crippen LogP contribution in [0.5, 0.6) is 0 Å². The Balaban J connectivity index is 1.84.